The molecule has 0 saturated heterocycles. The molecule has 0 aliphatic heterocycles. The van der Waals surface area contributed by atoms with E-state index in [9.17, 15) is 21.6 Å². The van der Waals surface area contributed by atoms with Gasteiger partial charge in [0.25, 0.3) is 10.0 Å². The summed E-state index contributed by atoms with van der Waals surface area (Å²) in [5, 5.41) is -0.361. The lowest BCUT2D eigenvalue weighted by atomic mass is 10.5. The third kappa shape index (κ3) is 4.88. The van der Waals surface area contributed by atoms with E-state index in [-0.39, 0.29) is 35.7 Å². The molecule has 0 atom stereocenters. The Morgan fingerprint density at radius 3 is 2.56 bits per heavy atom. The van der Waals surface area contributed by atoms with Gasteiger partial charge in [0.2, 0.25) is 5.09 Å². The molecule has 0 aliphatic rings. The highest BCUT2D eigenvalue weighted by Gasteiger charge is 2.28. The van der Waals surface area contributed by atoms with Crippen LogP contribution >= 0.6 is 11.8 Å². The fourth-order valence-electron chi connectivity index (χ4n) is 1.03. The van der Waals surface area contributed by atoms with Crippen LogP contribution in [0.5, 0.6) is 0 Å². The van der Waals surface area contributed by atoms with E-state index in [1.165, 1.54) is 12.1 Å². The van der Waals surface area contributed by atoms with Gasteiger partial charge in [0.05, 0.1) is 6.54 Å². The van der Waals surface area contributed by atoms with E-state index in [0.717, 1.165) is 0 Å². The summed E-state index contributed by atoms with van der Waals surface area (Å²) in [6.45, 7) is -0.301. The van der Waals surface area contributed by atoms with Gasteiger partial charge < -0.3 is 10.2 Å². The van der Waals surface area contributed by atoms with E-state index in [4.69, 9.17) is 10.2 Å². The molecule has 1 rings (SSSR count). The first-order chi connectivity index (χ1) is 8.24. The molecule has 0 fully saturated rings. The second-order valence-corrected chi connectivity index (χ2v) is 5.97. The topological polar surface area (TPSA) is 85.3 Å². The van der Waals surface area contributed by atoms with Crippen molar-refractivity contribution in [2.75, 3.05) is 12.3 Å². The first-order valence-electron chi connectivity index (χ1n) is 4.74. The highest BCUT2D eigenvalue weighted by atomic mass is 32.2. The SMILES string of the molecule is NCc1ccc(S(=O)(=O)NCCSC(F)(F)F)o1. The summed E-state index contributed by atoms with van der Waals surface area (Å²) in [6.07, 6.45) is 0. The number of hydrogen-bond acceptors (Lipinski definition) is 5. The predicted octanol–water partition coefficient (Wildman–Crippen LogP) is 1.27. The van der Waals surface area contributed by atoms with E-state index >= 15 is 0 Å². The third-order valence-electron chi connectivity index (χ3n) is 1.76. The molecule has 1 heterocycles. The molecule has 1 aromatic rings. The molecule has 0 aliphatic carbocycles. The van der Waals surface area contributed by atoms with Crippen LogP contribution in [0.15, 0.2) is 21.6 Å². The van der Waals surface area contributed by atoms with E-state index < -0.39 is 21.3 Å². The number of sulfonamides is 1. The Kier molecular flexibility index (Phi) is 5.08. The maximum atomic E-state index is 11.8. The number of thioether (sulfide) groups is 1. The van der Waals surface area contributed by atoms with Gasteiger partial charge in [0.15, 0.2) is 0 Å². The quantitative estimate of drug-likeness (QED) is 0.773. The van der Waals surface area contributed by atoms with E-state index in [2.05, 4.69) is 0 Å². The zero-order chi connectivity index (χ0) is 13.8. The fraction of sp³-hybridized carbons (Fsp3) is 0.500. The molecule has 3 N–H and O–H groups in total. The minimum Gasteiger partial charge on any atom is -0.447 e. The predicted molar refractivity (Wildman–Crippen MR) is 60.3 cm³/mol. The van der Waals surface area contributed by atoms with Crippen LogP contribution in [0.25, 0.3) is 0 Å². The molecule has 0 saturated carbocycles. The monoisotopic (exact) mass is 304 g/mol. The molecule has 0 spiro atoms. The molecular weight excluding hydrogens is 293 g/mol. The van der Waals surface area contributed by atoms with Gasteiger partial charge in [-0.05, 0) is 23.9 Å². The highest BCUT2D eigenvalue weighted by Crippen LogP contribution is 2.29. The molecule has 18 heavy (non-hydrogen) atoms. The van der Waals surface area contributed by atoms with Crippen LogP contribution in [0, 0.1) is 0 Å². The minimum absolute atomic E-state index is 0.0411. The van der Waals surface area contributed by atoms with E-state index in [1.54, 1.807) is 0 Å². The molecule has 0 radical (unpaired) electrons. The first kappa shape index (κ1) is 15.3. The second kappa shape index (κ2) is 5.95. The van der Waals surface area contributed by atoms with Gasteiger partial charge in [-0.3, -0.25) is 0 Å². The first-order valence-corrected chi connectivity index (χ1v) is 7.20. The Balaban J connectivity index is 2.50. The average Bonchev–Trinajstić information content (AvgIpc) is 2.72. The van der Waals surface area contributed by atoms with Crippen molar-refractivity contribution in [3.8, 4) is 0 Å². The van der Waals surface area contributed by atoms with Gasteiger partial charge in [-0.2, -0.15) is 13.2 Å². The van der Waals surface area contributed by atoms with Crippen molar-refractivity contribution in [3.05, 3.63) is 17.9 Å². The Hall–Kier alpha value is -0.710. The summed E-state index contributed by atoms with van der Waals surface area (Å²) < 4.78 is 65.4. The lowest BCUT2D eigenvalue weighted by Gasteiger charge is -2.06. The van der Waals surface area contributed by atoms with Crippen LogP contribution in [0.3, 0.4) is 0 Å². The molecule has 10 heteroatoms. The standard InChI is InChI=1S/C8H11F3N2O3S2/c9-8(10,11)17-4-3-13-18(14,15)7-2-1-6(5-12)16-7/h1-2,13H,3-5,12H2. The largest absolute Gasteiger partial charge is 0.447 e. The maximum Gasteiger partial charge on any atom is 0.441 e. The van der Waals surface area contributed by atoms with Gasteiger partial charge >= 0.3 is 5.51 Å². The van der Waals surface area contributed by atoms with E-state index in [1.807, 2.05) is 4.72 Å². The van der Waals surface area contributed by atoms with Crippen LogP contribution in [0.2, 0.25) is 0 Å². The van der Waals surface area contributed by atoms with Crippen LogP contribution in [-0.4, -0.2) is 26.2 Å². The zero-order valence-electron chi connectivity index (χ0n) is 9.03. The number of nitrogens with two attached hydrogens (primary N) is 1. The van der Waals surface area contributed by atoms with Crippen molar-refractivity contribution < 1.29 is 26.0 Å². The Morgan fingerprint density at radius 2 is 2.06 bits per heavy atom. The molecule has 104 valence electrons. The summed E-state index contributed by atoms with van der Waals surface area (Å²) in [6, 6.07) is 2.58. The lowest BCUT2D eigenvalue weighted by molar-refractivity contribution is -0.0327. The number of alkyl halides is 3. The molecule has 0 bridgehead atoms. The average molecular weight is 304 g/mol. The highest BCUT2D eigenvalue weighted by molar-refractivity contribution is 8.00. The third-order valence-corrected chi connectivity index (χ3v) is 3.83. The van der Waals surface area contributed by atoms with Gasteiger partial charge in [-0.15, -0.1) is 0 Å². The summed E-state index contributed by atoms with van der Waals surface area (Å²) in [4.78, 5) is 0. The molecule has 0 unspecified atom stereocenters. The van der Waals surface area contributed by atoms with Crippen molar-refractivity contribution >= 4 is 21.8 Å². The van der Waals surface area contributed by atoms with Crippen LogP contribution in [0.4, 0.5) is 13.2 Å². The zero-order valence-corrected chi connectivity index (χ0v) is 10.7. The number of furan rings is 1. The van der Waals surface area contributed by atoms with Crippen LogP contribution in [-0.2, 0) is 16.6 Å². The van der Waals surface area contributed by atoms with Crippen molar-refractivity contribution in [2.24, 2.45) is 5.73 Å². The van der Waals surface area contributed by atoms with Gasteiger partial charge in [0.1, 0.15) is 5.76 Å². The Labute approximate surface area is 106 Å². The summed E-state index contributed by atoms with van der Waals surface area (Å²) >= 11 is -0.298. The summed E-state index contributed by atoms with van der Waals surface area (Å²) in [5.74, 6) is -0.132. The van der Waals surface area contributed by atoms with E-state index in [0.29, 0.717) is 0 Å². The van der Waals surface area contributed by atoms with Gasteiger partial charge in [0, 0.05) is 12.3 Å². The van der Waals surface area contributed by atoms with Crippen molar-refractivity contribution in [1.82, 2.24) is 4.72 Å². The van der Waals surface area contributed by atoms with Crippen molar-refractivity contribution in [1.29, 1.82) is 0 Å². The molecule has 5 nitrogen and oxygen atoms in total. The summed E-state index contributed by atoms with van der Waals surface area (Å²) in [5.41, 5.74) is 0.866. The smallest absolute Gasteiger partial charge is 0.441 e. The summed E-state index contributed by atoms with van der Waals surface area (Å²) in [7, 11) is -3.92. The van der Waals surface area contributed by atoms with Crippen molar-refractivity contribution in [3.63, 3.8) is 0 Å². The Morgan fingerprint density at radius 1 is 1.39 bits per heavy atom. The molecular formula is C8H11F3N2O3S2. The van der Waals surface area contributed by atoms with Crippen LogP contribution in [0.1, 0.15) is 5.76 Å². The second-order valence-electron chi connectivity index (χ2n) is 3.12. The number of halogens is 3. The maximum absolute atomic E-state index is 11.8. The molecule has 0 amide bonds. The molecule has 0 aromatic carbocycles. The normalized spacial score (nSPS) is 12.9. The number of hydrogen-bond donors (Lipinski definition) is 2. The molecule has 1 aromatic heterocycles. The van der Waals surface area contributed by atoms with Gasteiger partial charge in [-0.1, -0.05) is 0 Å². The van der Waals surface area contributed by atoms with Gasteiger partial charge in [-0.25, -0.2) is 13.1 Å². The number of nitrogens with one attached hydrogen (secondary N) is 1. The fourth-order valence-corrected chi connectivity index (χ4v) is 2.57. The number of rotatable bonds is 6. The minimum atomic E-state index is -4.37. The lowest BCUT2D eigenvalue weighted by Crippen LogP contribution is -2.26. The van der Waals surface area contributed by atoms with Crippen molar-refractivity contribution in [2.45, 2.75) is 17.1 Å². The Bertz CT molecular complexity index is 484. The van der Waals surface area contributed by atoms with Crippen LogP contribution < -0.4 is 10.5 Å².